The first kappa shape index (κ1) is 12.5. The Balaban J connectivity index is 1.69. The van der Waals surface area contributed by atoms with E-state index in [0.717, 1.165) is 31.6 Å². The van der Waals surface area contributed by atoms with E-state index < -0.39 is 12.0 Å². The van der Waals surface area contributed by atoms with E-state index in [1.807, 2.05) is 0 Å². The smallest absolute Gasteiger partial charge is 0.320 e. The van der Waals surface area contributed by atoms with Crippen LogP contribution in [-0.2, 0) is 4.79 Å². The average Bonchev–Trinajstić information content (AvgIpc) is 2.84. The van der Waals surface area contributed by atoms with Crippen LogP contribution in [0.2, 0.25) is 0 Å². The molecule has 1 saturated carbocycles. The minimum Gasteiger partial charge on any atom is -0.491 e. The summed E-state index contributed by atoms with van der Waals surface area (Å²) in [4.78, 5) is 11.1. The summed E-state index contributed by atoms with van der Waals surface area (Å²) in [7, 11) is 0. The number of carbonyl (C=O) groups is 1. The number of hydrogen-bond acceptors (Lipinski definition) is 5. The van der Waals surface area contributed by atoms with Crippen molar-refractivity contribution in [2.45, 2.75) is 37.6 Å². The Kier molecular flexibility index (Phi) is 3.18. The highest BCUT2D eigenvalue weighted by atomic mass is 16.5. The minimum absolute atomic E-state index is 0.0779. The molecule has 4 atom stereocenters. The highest BCUT2D eigenvalue weighted by molar-refractivity contribution is 5.73. The lowest BCUT2D eigenvalue weighted by Gasteiger charge is -2.41. The fraction of sp³-hybridized carbons (Fsp3) is 0.692. The zero-order valence-corrected chi connectivity index (χ0v) is 10.6. The van der Waals surface area contributed by atoms with Gasteiger partial charge in [0.15, 0.2) is 0 Å². The van der Waals surface area contributed by atoms with Crippen LogP contribution >= 0.6 is 0 Å². The van der Waals surface area contributed by atoms with Gasteiger partial charge in [0.25, 0.3) is 5.88 Å². The van der Waals surface area contributed by atoms with E-state index in [-0.39, 0.29) is 11.8 Å². The molecule has 1 aliphatic carbocycles. The van der Waals surface area contributed by atoms with Gasteiger partial charge < -0.3 is 20.1 Å². The van der Waals surface area contributed by atoms with Crippen molar-refractivity contribution in [2.75, 3.05) is 6.54 Å². The van der Waals surface area contributed by atoms with Crippen LogP contribution in [0.4, 0.5) is 0 Å². The molecule has 3 N–H and O–H groups in total. The number of nitrogens with one attached hydrogen (secondary N) is 1. The first-order valence-electron chi connectivity index (χ1n) is 6.75. The first-order chi connectivity index (χ1) is 9.13. The molecule has 0 aromatic carbocycles. The lowest BCUT2D eigenvalue weighted by Crippen LogP contribution is -2.49. The third kappa shape index (κ3) is 2.45. The Morgan fingerprint density at radius 1 is 1.37 bits per heavy atom. The molecule has 1 aliphatic heterocycles. The van der Waals surface area contributed by atoms with Gasteiger partial charge in [0.1, 0.15) is 11.8 Å². The van der Waals surface area contributed by atoms with Gasteiger partial charge in [-0.2, -0.15) is 0 Å². The lowest BCUT2D eigenvalue weighted by atomic mass is 9.69. The van der Waals surface area contributed by atoms with Crippen LogP contribution in [0.15, 0.2) is 10.6 Å². The maximum Gasteiger partial charge on any atom is 0.320 e. The van der Waals surface area contributed by atoms with Crippen LogP contribution in [0.25, 0.3) is 0 Å². The minimum atomic E-state index is -0.766. The van der Waals surface area contributed by atoms with Crippen LogP contribution in [0, 0.1) is 11.8 Å². The molecule has 6 heteroatoms. The summed E-state index contributed by atoms with van der Waals surface area (Å²) in [5, 5.41) is 24.9. The van der Waals surface area contributed by atoms with Crippen LogP contribution in [0.5, 0.6) is 5.88 Å². The molecular formula is C13H18N2O4. The fourth-order valence-corrected chi connectivity index (χ4v) is 3.48. The van der Waals surface area contributed by atoms with Gasteiger partial charge >= 0.3 is 5.97 Å². The normalized spacial score (nSPS) is 34.7. The largest absolute Gasteiger partial charge is 0.491 e. The molecule has 1 saturated heterocycles. The van der Waals surface area contributed by atoms with Crippen molar-refractivity contribution < 1.29 is 19.5 Å². The first-order valence-corrected chi connectivity index (χ1v) is 6.75. The Morgan fingerprint density at radius 3 is 2.89 bits per heavy atom. The summed E-state index contributed by atoms with van der Waals surface area (Å²) < 4.78 is 5.13. The lowest BCUT2D eigenvalue weighted by molar-refractivity contribution is -0.141. The van der Waals surface area contributed by atoms with Crippen molar-refractivity contribution in [3.63, 3.8) is 0 Å². The van der Waals surface area contributed by atoms with Crippen LogP contribution in [0.1, 0.15) is 37.4 Å². The molecule has 0 spiro atoms. The monoisotopic (exact) mass is 266 g/mol. The summed E-state index contributed by atoms with van der Waals surface area (Å²) in [5.41, 5.74) is 0. The molecule has 2 heterocycles. The summed E-state index contributed by atoms with van der Waals surface area (Å²) in [6.45, 7) is 0.788. The zero-order valence-electron chi connectivity index (χ0n) is 10.6. The second kappa shape index (κ2) is 4.85. The van der Waals surface area contributed by atoms with E-state index in [1.165, 1.54) is 0 Å². The highest BCUT2D eigenvalue weighted by Gasteiger charge is 2.38. The van der Waals surface area contributed by atoms with Gasteiger partial charge in [0.2, 0.25) is 0 Å². The fourth-order valence-electron chi connectivity index (χ4n) is 3.48. The second-order valence-corrected chi connectivity index (χ2v) is 5.65. The Hall–Kier alpha value is -1.56. The van der Waals surface area contributed by atoms with Gasteiger partial charge in [-0.05, 0) is 49.2 Å². The number of aromatic nitrogens is 1. The van der Waals surface area contributed by atoms with E-state index >= 15 is 0 Å². The topological polar surface area (TPSA) is 95.6 Å². The summed E-state index contributed by atoms with van der Waals surface area (Å²) >= 11 is 0. The van der Waals surface area contributed by atoms with Gasteiger partial charge in [-0.3, -0.25) is 4.79 Å². The number of piperidine rings is 1. The molecule has 1 aromatic rings. The SMILES string of the molecule is O=C(O)C1CC2CC(c3cc(O)no3)CCC2CN1. The molecule has 3 rings (SSSR count). The number of nitrogens with zero attached hydrogens (tertiary/aromatic N) is 1. The van der Waals surface area contributed by atoms with Gasteiger partial charge in [-0.1, -0.05) is 0 Å². The van der Waals surface area contributed by atoms with Crippen molar-refractivity contribution in [1.29, 1.82) is 0 Å². The number of carboxylic acids is 1. The van der Waals surface area contributed by atoms with Crippen molar-refractivity contribution >= 4 is 5.97 Å². The van der Waals surface area contributed by atoms with Gasteiger partial charge in [-0.15, -0.1) is 0 Å². The van der Waals surface area contributed by atoms with E-state index in [1.54, 1.807) is 6.07 Å². The third-order valence-corrected chi connectivity index (χ3v) is 4.52. The molecule has 4 unspecified atom stereocenters. The predicted octanol–water partition coefficient (Wildman–Crippen LogP) is 1.33. The van der Waals surface area contributed by atoms with Gasteiger partial charge in [0, 0.05) is 12.0 Å². The molecule has 0 amide bonds. The third-order valence-electron chi connectivity index (χ3n) is 4.52. The van der Waals surface area contributed by atoms with Crippen molar-refractivity contribution in [1.82, 2.24) is 10.5 Å². The molecule has 6 nitrogen and oxygen atoms in total. The number of fused-ring (bicyclic) bond motifs is 1. The molecule has 0 bridgehead atoms. The Bertz CT molecular complexity index is 473. The predicted molar refractivity (Wildman–Crippen MR) is 65.8 cm³/mol. The van der Waals surface area contributed by atoms with Crippen LogP contribution in [-0.4, -0.2) is 33.9 Å². The van der Waals surface area contributed by atoms with Crippen molar-refractivity contribution in [2.24, 2.45) is 11.8 Å². The summed E-state index contributed by atoms with van der Waals surface area (Å²) in [6, 6.07) is 1.14. The van der Waals surface area contributed by atoms with Crippen LogP contribution < -0.4 is 5.32 Å². The summed E-state index contributed by atoms with van der Waals surface area (Å²) in [5.74, 6) is 1.10. The standard InChI is InChI=1S/C13H18N2O4/c16-12-5-11(19-15-12)7-1-2-8-6-14-10(13(17)18)4-9(8)3-7/h5,7-10,14H,1-4,6H2,(H,15,16)(H,17,18). The highest BCUT2D eigenvalue weighted by Crippen LogP contribution is 2.43. The van der Waals surface area contributed by atoms with Crippen molar-refractivity contribution in [3.8, 4) is 5.88 Å². The number of hydrogen-bond donors (Lipinski definition) is 3. The molecular weight excluding hydrogens is 248 g/mol. The van der Waals surface area contributed by atoms with E-state index in [0.29, 0.717) is 18.3 Å². The van der Waals surface area contributed by atoms with Crippen LogP contribution in [0.3, 0.4) is 0 Å². The maximum absolute atomic E-state index is 11.1. The van der Waals surface area contributed by atoms with Crippen molar-refractivity contribution in [3.05, 3.63) is 11.8 Å². The maximum atomic E-state index is 11.1. The number of rotatable bonds is 2. The van der Waals surface area contributed by atoms with E-state index in [2.05, 4.69) is 10.5 Å². The van der Waals surface area contributed by atoms with Gasteiger partial charge in [-0.25, -0.2) is 0 Å². The Labute approximate surface area is 110 Å². The molecule has 0 radical (unpaired) electrons. The molecule has 104 valence electrons. The average molecular weight is 266 g/mol. The Morgan fingerprint density at radius 2 is 2.21 bits per heavy atom. The number of aromatic hydroxyl groups is 1. The van der Waals surface area contributed by atoms with E-state index in [4.69, 9.17) is 9.63 Å². The molecule has 2 aliphatic rings. The van der Waals surface area contributed by atoms with E-state index in [9.17, 15) is 9.90 Å². The zero-order chi connectivity index (χ0) is 13.4. The molecule has 1 aromatic heterocycles. The quantitative estimate of drug-likeness (QED) is 0.747. The number of aliphatic carboxylic acids is 1. The molecule has 2 fully saturated rings. The second-order valence-electron chi connectivity index (χ2n) is 5.65. The summed E-state index contributed by atoms with van der Waals surface area (Å²) in [6.07, 6.45) is 3.67. The van der Waals surface area contributed by atoms with Gasteiger partial charge in [0.05, 0.1) is 0 Å². The molecule has 19 heavy (non-hydrogen) atoms. The number of carboxylic acid groups (broad SMARTS) is 1.